The minimum absolute atomic E-state index is 0.0145. The molecule has 1 rings (SSSR count). The maximum absolute atomic E-state index is 10.9. The molecule has 0 radical (unpaired) electrons. The van der Waals surface area contributed by atoms with Crippen LogP contribution < -0.4 is 5.56 Å². The molecule has 0 saturated carbocycles. The number of H-pyrrole nitrogens is 1. The van der Waals surface area contributed by atoms with Gasteiger partial charge in [-0.05, 0) is 24.0 Å². The lowest BCUT2D eigenvalue weighted by Gasteiger charge is -2.06. The van der Waals surface area contributed by atoms with Crippen LogP contribution in [0.3, 0.4) is 0 Å². The third kappa shape index (κ3) is 1.70. The Morgan fingerprint density at radius 3 is 2.55 bits per heavy atom. The highest BCUT2D eigenvalue weighted by atomic mass is 16.1. The minimum atomic E-state index is -0.0145. The van der Waals surface area contributed by atoms with E-state index < -0.39 is 0 Å². The van der Waals surface area contributed by atoms with Crippen LogP contribution in [0, 0.1) is 6.92 Å². The molecule has 0 aliphatic carbocycles. The lowest BCUT2D eigenvalue weighted by Crippen LogP contribution is -2.07. The first-order chi connectivity index (χ1) is 5.11. The van der Waals surface area contributed by atoms with Gasteiger partial charge in [-0.25, -0.2) is 0 Å². The van der Waals surface area contributed by atoms with Crippen molar-refractivity contribution in [3.63, 3.8) is 0 Å². The predicted octanol–water partition coefficient (Wildman–Crippen LogP) is 1.81. The number of nitrogens with one attached hydrogen (secondary N) is 1. The molecule has 0 aliphatic rings. The Labute approximate surface area is 66.3 Å². The molecule has 0 aromatic carbocycles. The molecule has 1 aromatic rings. The fraction of sp³-hybridized carbons (Fsp3) is 0.444. The molecule has 1 N–H and O–H groups in total. The zero-order valence-electron chi connectivity index (χ0n) is 7.14. The van der Waals surface area contributed by atoms with Gasteiger partial charge in [-0.3, -0.25) is 4.79 Å². The van der Waals surface area contributed by atoms with Crippen molar-refractivity contribution in [2.45, 2.75) is 26.7 Å². The smallest absolute Gasteiger partial charge is 0.248 e. The molecule has 1 aromatic heterocycles. The van der Waals surface area contributed by atoms with E-state index in [-0.39, 0.29) is 5.56 Å². The van der Waals surface area contributed by atoms with E-state index in [0.717, 1.165) is 11.1 Å². The van der Waals surface area contributed by atoms with E-state index in [9.17, 15) is 4.79 Å². The molecule has 0 bridgehead atoms. The summed E-state index contributed by atoms with van der Waals surface area (Å²) in [5, 5.41) is 0. The van der Waals surface area contributed by atoms with E-state index in [1.165, 1.54) is 0 Å². The SMILES string of the molecule is Cc1c[nH]c(=O)cc1C(C)C. The molecule has 0 atom stereocenters. The maximum atomic E-state index is 10.9. The second-order valence-corrected chi connectivity index (χ2v) is 3.09. The van der Waals surface area contributed by atoms with Crippen LogP contribution in [0.15, 0.2) is 17.1 Å². The zero-order chi connectivity index (χ0) is 8.43. The van der Waals surface area contributed by atoms with Crippen LogP contribution in [0.5, 0.6) is 0 Å². The number of pyridine rings is 1. The summed E-state index contributed by atoms with van der Waals surface area (Å²) in [5.41, 5.74) is 2.27. The van der Waals surface area contributed by atoms with Crippen LogP contribution in [-0.2, 0) is 0 Å². The summed E-state index contributed by atoms with van der Waals surface area (Å²) in [5.74, 6) is 0.428. The van der Waals surface area contributed by atoms with Gasteiger partial charge in [-0.2, -0.15) is 0 Å². The quantitative estimate of drug-likeness (QED) is 0.652. The van der Waals surface area contributed by atoms with Gasteiger partial charge in [0.2, 0.25) is 5.56 Å². The number of rotatable bonds is 1. The van der Waals surface area contributed by atoms with Gasteiger partial charge in [-0.1, -0.05) is 13.8 Å². The molecular formula is C9H13NO. The molecule has 0 spiro atoms. The Balaban J connectivity index is 3.23. The highest BCUT2D eigenvalue weighted by molar-refractivity contribution is 5.24. The largest absolute Gasteiger partial charge is 0.329 e. The summed E-state index contributed by atoms with van der Waals surface area (Å²) in [6.45, 7) is 6.18. The summed E-state index contributed by atoms with van der Waals surface area (Å²) < 4.78 is 0. The van der Waals surface area contributed by atoms with Gasteiger partial charge in [0, 0.05) is 12.3 Å². The highest BCUT2D eigenvalue weighted by Crippen LogP contribution is 2.14. The molecule has 0 saturated heterocycles. The first-order valence-electron chi connectivity index (χ1n) is 3.80. The van der Waals surface area contributed by atoms with Gasteiger partial charge >= 0.3 is 0 Å². The molecule has 0 fully saturated rings. The van der Waals surface area contributed by atoms with E-state index in [0.29, 0.717) is 5.92 Å². The van der Waals surface area contributed by atoms with Crippen LogP contribution in [0.1, 0.15) is 30.9 Å². The van der Waals surface area contributed by atoms with Crippen molar-refractivity contribution in [2.75, 3.05) is 0 Å². The molecule has 2 heteroatoms. The number of aromatic nitrogens is 1. The van der Waals surface area contributed by atoms with Gasteiger partial charge < -0.3 is 4.98 Å². The monoisotopic (exact) mass is 151 g/mol. The Kier molecular flexibility index (Phi) is 2.13. The summed E-state index contributed by atoms with van der Waals surface area (Å²) in [6.07, 6.45) is 1.76. The van der Waals surface area contributed by atoms with Crippen molar-refractivity contribution in [3.8, 4) is 0 Å². The van der Waals surface area contributed by atoms with E-state index >= 15 is 0 Å². The molecule has 0 unspecified atom stereocenters. The third-order valence-corrected chi connectivity index (χ3v) is 1.79. The number of aromatic amines is 1. The van der Waals surface area contributed by atoms with Crippen LogP contribution in [-0.4, -0.2) is 4.98 Å². The number of hydrogen-bond acceptors (Lipinski definition) is 1. The lowest BCUT2D eigenvalue weighted by atomic mass is 10.0. The Morgan fingerprint density at radius 1 is 1.45 bits per heavy atom. The van der Waals surface area contributed by atoms with Gasteiger partial charge in [0.1, 0.15) is 0 Å². The highest BCUT2D eigenvalue weighted by Gasteiger charge is 2.02. The Hall–Kier alpha value is -1.05. The molecule has 2 nitrogen and oxygen atoms in total. The second-order valence-electron chi connectivity index (χ2n) is 3.09. The van der Waals surface area contributed by atoms with Gasteiger partial charge in [-0.15, -0.1) is 0 Å². The number of hydrogen-bond donors (Lipinski definition) is 1. The first-order valence-corrected chi connectivity index (χ1v) is 3.80. The first kappa shape index (κ1) is 8.05. The van der Waals surface area contributed by atoms with E-state index in [4.69, 9.17) is 0 Å². The minimum Gasteiger partial charge on any atom is -0.329 e. The van der Waals surface area contributed by atoms with Crippen molar-refractivity contribution in [1.29, 1.82) is 0 Å². The normalized spacial score (nSPS) is 10.5. The van der Waals surface area contributed by atoms with E-state index in [1.807, 2.05) is 6.92 Å². The van der Waals surface area contributed by atoms with Crippen molar-refractivity contribution in [3.05, 3.63) is 33.7 Å². The summed E-state index contributed by atoms with van der Waals surface area (Å²) in [4.78, 5) is 13.5. The molecule has 0 amide bonds. The van der Waals surface area contributed by atoms with Gasteiger partial charge in [0.15, 0.2) is 0 Å². The molecular weight excluding hydrogens is 138 g/mol. The van der Waals surface area contributed by atoms with Crippen LogP contribution >= 0.6 is 0 Å². The zero-order valence-corrected chi connectivity index (χ0v) is 7.14. The molecule has 1 heterocycles. The topological polar surface area (TPSA) is 32.9 Å². The standard InChI is InChI=1S/C9H13NO/c1-6(2)8-4-9(11)10-5-7(8)3/h4-6H,1-3H3,(H,10,11). The number of aryl methyl sites for hydroxylation is 1. The van der Waals surface area contributed by atoms with E-state index in [2.05, 4.69) is 18.8 Å². The Bertz CT molecular complexity index is 299. The van der Waals surface area contributed by atoms with Crippen LogP contribution in [0.25, 0.3) is 0 Å². The molecule has 11 heavy (non-hydrogen) atoms. The van der Waals surface area contributed by atoms with Crippen LogP contribution in [0.4, 0.5) is 0 Å². The van der Waals surface area contributed by atoms with Crippen molar-refractivity contribution in [2.24, 2.45) is 0 Å². The summed E-state index contributed by atoms with van der Waals surface area (Å²) in [6, 6.07) is 1.67. The van der Waals surface area contributed by atoms with Crippen molar-refractivity contribution in [1.82, 2.24) is 4.98 Å². The average molecular weight is 151 g/mol. The third-order valence-electron chi connectivity index (χ3n) is 1.79. The van der Waals surface area contributed by atoms with Crippen molar-refractivity contribution < 1.29 is 0 Å². The average Bonchev–Trinajstić information content (AvgIpc) is 1.94. The fourth-order valence-corrected chi connectivity index (χ4v) is 1.18. The Morgan fingerprint density at radius 2 is 2.09 bits per heavy atom. The van der Waals surface area contributed by atoms with E-state index in [1.54, 1.807) is 12.3 Å². The second kappa shape index (κ2) is 2.91. The van der Waals surface area contributed by atoms with Gasteiger partial charge in [0.05, 0.1) is 0 Å². The fourth-order valence-electron chi connectivity index (χ4n) is 1.18. The molecule has 60 valence electrons. The maximum Gasteiger partial charge on any atom is 0.248 e. The van der Waals surface area contributed by atoms with Gasteiger partial charge in [0.25, 0.3) is 0 Å². The molecule has 0 aliphatic heterocycles. The summed E-state index contributed by atoms with van der Waals surface area (Å²) in [7, 11) is 0. The predicted molar refractivity (Wildman–Crippen MR) is 45.9 cm³/mol. The summed E-state index contributed by atoms with van der Waals surface area (Å²) >= 11 is 0. The van der Waals surface area contributed by atoms with Crippen LogP contribution in [0.2, 0.25) is 0 Å². The lowest BCUT2D eigenvalue weighted by molar-refractivity contribution is 0.848. The van der Waals surface area contributed by atoms with Crippen molar-refractivity contribution >= 4 is 0 Å².